The molecule has 0 atom stereocenters. The Morgan fingerprint density at radius 2 is 1.81 bits per heavy atom. The number of ether oxygens (including phenoxy) is 1. The number of methoxy groups -OCH3 is 1. The summed E-state index contributed by atoms with van der Waals surface area (Å²) in [6.07, 6.45) is 0.165. The van der Waals surface area contributed by atoms with Gasteiger partial charge in [0.2, 0.25) is 11.8 Å². The lowest BCUT2D eigenvalue weighted by atomic mass is 10.1. The van der Waals surface area contributed by atoms with Gasteiger partial charge in [-0.25, -0.2) is 0 Å². The van der Waals surface area contributed by atoms with Crippen molar-refractivity contribution in [2.75, 3.05) is 23.9 Å². The van der Waals surface area contributed by atoms with E-state index in [9.17, 15) is 9.59 Å². The zero-order valence-electron chi connectivity index (χ0n) is 15.4. The molecule has 0 saturated carbocycles. The van der Waals surface area contributed by atoms with Gasteiger partial charge in [-0.1, -0.05) is 29.3 Å². The van der Waals surface area contributed by atoms with Crippen LogP contribution in [-0.4, -0.2) is 25.5 Å². The van der Waals surface area contributed by atoms with Crippen LogP contribution in [0, 0.1) is 13.8 Å². The van der Waals surface area contributed by atoms with Crippen LogP contribution >= 0.6 is 11.6 Å². The fraction of sp³-hybridized carbons (Fsp3) is 0.300. The van der Waals surface area contributed by atoms with E-state index in [4.69, 9.17) is 16.3 Å². The van der Waals surface area contributed by atoms with Gasteiger partial charge in [-0.15, -0.1) is 0 Å². The molecule has 2 aromatic carbocycles. The van der Waals surface area contributed by atoms with Gasteiger partial charge < -0.3 is 15.0 Å². The Morgan fingerprint density at radius 1 is 1.15 bits per heavy atom. The van der Waals surface area contributed by atoms with Crippen LogP contribution in [0.25, 0.3) is 0 Å². The van der Waals surface area contributed by atoms with E-state index in [0.29, 0.717) is 16.5 Å². The SMILES string of the molecule is COc1cc(Cl)c(C)cc1N(CCC(=O)Nc1ccc(C)cc1)C(C)=O. The Balaban J connectivity index is 2.11. The van der Waals surface area contributed by atoms with E-state index in [-0.39, 0.29) is 24.8 Å². The number of amides is 2. The fourth-order valence-electron chi connectivity index (χ4n) is 2.54. The van der Waals surface area contributed by atoms with Crippen LogP contribution in [0.3, 0.4) is 0 Å². The summed E-state index contributed by atoms with van der Waals surface area (Å²) in [5.74, 6) is 0.160. The molecule has 0 radical (unpaired) electrons. The predicted molar refractivity (Wildman–Crippen MR) is 105 cm³/mol. The number of benzene rings is 2. The molecule has 0 aliphatic heterocycles. The molecule has 0 bridgehead atoms. The molecule has 6 heteroatoms. The predicted octanol–water partition coefficient (Wildman–Crippen LogP) is 4.35. The Labute approximate surface area is 158 Å². The number of nitrogens with one attached hydrogen (secondary N) is 1. The van der Waals surface area contributed by atoms with E-state index in [1.54, 1.807) is 12.1 Å². The maximum absolute atomic E-state index is 12.2. The summed E-state index contributed by atoms with van der Waals surface area (Å²) in [5.41, 5.74) is 3.29. The number of carbonyl (C=O) groups excluding carboxylic acids is 2. The smallest absolute Gasteiger partial charge is 0.226 e. The maximum Gasteiger partial charge on any atom is 0.226 e. The first kappa shape index (κ1) is 19.8. The van der Waals surface area contributed by atoms with Crippen molar-refractivity contribution in [1.29, 1.82) is 0 Å². The Kier molecular flexibility index (Phi) is 6.64. The number of halogens is 1. The minimum Gasteiger partial charge on any atom is -0.495 e. The molecule has 2 aromatic rings. The molecular formula is C20H23ClN2O3. The van der Waals surface area contributed by atoms with Crippen LogP contribution in [0.1, 0.15) is 24.5 Å². The number of anilines is 2. The standard InChI is InChI=1S/C20H23ClN2O3/c1-13-5-7-16(8-6-13)22-20(25)9-10-23(15(3)24)18-11-14(2)17(21)12-19(18)26-4/h5-8,11-12H,9-10H2,1-4H3,(H,22,25). The number of rotatable bonds is 6. The van der Waals surface area contributed by atoms with E-state index in [1.807, 2.05) is 38.1 Å². The summed E-state index contributed by atoms with van der Waals surface area (Å²) in [5, 5.41) is 3.40. The van der Waals surface area contributed by atoms with Crippen molar-refractivity contribution < 1.29 is 14.3 Å². The normalized spacial score (nSPS) is 10.3. The molecule has 0 aromatic heterocycles. The Bertz CT molecular complexity index is 803. The molecule has 0 heterocycles. The zero-order valence-corrected chi connectivity index (χ0v) is 16.2. The highest BCUT2D eigenvalue weighted by molar-refractivity contribution is 6.31. The first-order valence-electron chi connectivity index (χ1n) is 8.30. The highest BCUT2D eigenvalue weighted by Crippen LogP contribution is 2.34. The van der Waals surface area contributed by atoms with Gasteiger partial charge in [0.15, 0.2) is 0 Å². The molecule has 0 fully saturated rings. The van der Waals surface area contributed by atoms with E-state index >= 15 is 0 Å². The summed E-state index contributed by atoms with van der Waals surface area (Å²) in [7, 11) is 1.52. The number of nitrogens with zero attached hydrogens (tertiary/aromatic N) is 1. The van der Waals surface area contributed by atoms with E-state index in [1.165, 1.54) is 18.9 Å². The highest BCUT2D eigenvalue weighted by Gasteiger charge is 2.19. The minimum atomic E-state index is -0.173. The van der Waals surface area contributed by atoms with Gasteiger partial charge in [0.05, 0.1) is 12.8 Å². The maximum atomic E-state index is 12.2. The van der Waals surface area contributed by atoms with Gasteiger partial charge in [-0.05, 0) is 37.6 Å². The lowest BCUT2D eigenvalue weighted by Crippen LogP contribution is -2.32. The first-order chi connectivity index (χ1) is 12.3. The third-order valence-electron chi connectivity index (χ3n) is 4.03. The summed E-state index contributed by atoms with van der Waals surface area (Å²) >= 11 is 6.13. The van der Waals surface area contributed by atoms with Gasteiger partial charge >= 0.3 is 0 Å². The van der Waals surface area contributed by atoms with Gasteiger partial charge in [0.1, 0.15) is 5.75 Å². The summed E-state index contributed by atoms with van der Waals surface area (Å²) < 4.78 is 5.35. The van der Waals surface area contributed by atoms with Crippen LogP contribution in [0.15, 0.2) is 36.4 Å². The van der Waals surface area contributed by atoms with Crippen molar-refractivity contribution >= 4 is 34.8 Å². The monoisotopic (exact) mass is 374 g/mol. The molecule has 5 nitrogen and oxygen atoms in total. The quantitative estimate of drug-likeness (QED) is 0.817. The molecule has 0 unspecified atom stereocenters. The first-order valence-corrected chi connectivity index (χ1v) is 8.68. The molecule has 1 N–H and O–H groups in total. The van der Waals surface area contributed by atoms with Crippen molar-refractivity contribution in [3.05, 3.63) is 52.5 Å². The Hall–Kier alpha value is -2.53. The minimum absolute atomic E-state index is 0.162. The average Bonchev–Trinajstić information content (AvgIpc) is 2.59. The summed E-state index contributed by atoms with van der Waals surface area (Å²) in [6, 6.07) is 11.0. The average molecular weight is 375 g/mol. The van der Waals surface area contributed by atoms with Crippen molar-refractivity contribution in [2.45, 2.75) is 27.2 Å². The van der Waals surface area contributed by atoms with E-state index < -0.39 is 0 Å². The summed E-state index contributed by atoms with van der Waals surface area (Å²) in [6.45, 7) is 5.54. The number of hydrogen-bond donors (Lipinski definition) is 1. The Morgan fingerprint density at radius 3 is 2.38 bits per heavy atom. The van der Waals surface area contributed by atoms with E-state index in [0.717, 1.165) is 16.8 Å². The van der Waals surface area contributed by atoms with Gasteiger partial charge in [0, 0.05) is 36.7 Å². The fourth-order valence-corrected chi connectivity index (χ4v) is 2.70. The zero-order chi connectivity index (χ0) is 19.3. The third kappa shape index (κ3) is 4.99. The van der Waals surface area contributed by atoms with Crippen LogP contribution in [0.5, 0.6) is 5.75 Å². The second kappa shape index (κ2) is 8.72. The molecule has 26 heavy (non-hydrogen) atoms. The molecule has 0 saturated heterocycles. The topological polar surface area (TPSA) is 58.6 Å². The van der Waals surface area contributed by atoms with Gasteiger partial charge in [-0.3, -0.25) is 9.59 Å². The lowest BCUT2D eigenvalue weighted by Gasteiger charge is -2.24. The molecule has 0 spiro atoms. The molecule has 138 valence electrons. The number of aryl methyl sites for hydroxylation is 2. The van der Waals surface area contributed by atoms with Gasteiger partial charge in [-0.2, -0.15) is 0 Å². The highest BCUT2D eigenvalue weighted by atomic mass is 35.5. The molecule has 2 amide bonds. The third-order valence-corrected chi connectivity index (χ3v) is 4.44. The summed E-state index contributed by atoms with van der Waals surface area (Å²) in [4.78, 5) is 25.9. The van der Waals surface area contributed by atoms with Crippen molar-refractivity contribution in [3.8, 4) is 5.75 Å². The molecular weight excluding hydrogens is 352 g/mol. The van der Waals surface area contributed by atoms with Crippen molar-refractivity contribution in [3.63, 3.8) is 0 Å². The van der Waals surface area contributed by atoms with Crippen LogP contribution < -0.4 is 15.0 Å². The van der Waals surface area contributed by atoms with Gasteiger partial charge in [0.25, 0.3) is 0 Å². The lowest BCUT2D eigenvalue weighted by molar-refractivity contribution is -0.117. The van der Waals surface area contributed by atoms with Crippen LogP contribution in [0.4, 0.5) is 11.4 Å². The van der Waals surface area contributed by atoms with E-state index in [2.05, 4.69) is 5.32 Å². The second-order valence-electron chi connectivity index (χ2n) is 6.11. The number of hydrogen-bond acceptors (Lipinski definition) is 3. The number of carbonyl (C=O) groups is 2. The largest absolute Gasteiger partial charge is 0.495 e. The van der Waals surface area contributed by atoms with Crippen molar-refractivity contribution in [1.82, 2.24) is 0 Å². The van der Waals surface area contributed by atoms with Crippen LogP contribution in [0.2, 0.25) is 5.02 Å². The van der Waals surface area contributed by atoms with Crippen LogP contribution in [-0.2, 0) is 9.59 Å². The van der Waals surface area contributed by atoms with Crippen molar-refractivity contribution in [2.24, 2.45) is 0 Å². The second-order valence-corrected chi connectivity index (χ2v) is 6.52. The molecule has 0 aliphatic rings. The molecule has 0 aliphatic carbocycles. The molecule has 2 rings (SSSR count).